The molecule has 6 rings (SSSR count). The number of amides is 7. The van der Waals surface area contributed by atoms with E-state index < -0.39 is 54.1 Å². The number of hydrogen-bond acceptors (Lipinski definition) is 10. The van der Waals surface area contributed by atoms with Gasteiger partial charge >= 0.3 is 0 Å². The van der Waals surface area contributed by atoms with Crippen LogP contribution in [-0.2, 0) is 56.0 Å². The number of carbonyl (C=O) groups excluding carboxylic acids is 7. The van der Waals surface area contributed by atoms with Gasteiger partial charge in [-0.2, -0.15) is 0 Å². The van der Waals surface area contributed by atoms with E-state index in [1.54, 1.807) is 55.1 Å². The molecule has 2 aromatic rings. The first-order valence-corrected chi connectivity index (χ1v) is 24.4. The lowest BCUT2D eigenvalue weighted by Crippen LogP contribution is -2.60. The lowest BCUT2D eigenvalue weighted by Gasteiger charge is -2.41. The van der Waals surface area contributed by atoms with Crippen molar-refractivity contribution in [3.8, 4) is 0 Å². The molecule has 4 aliphatic rings. The number of benzene rings is 2. The third kappa shape index (κ3) is 11.9. The van der Waals surface area contributed by atoms with Crippen molar-refractivity contribution in [3.63, 3.8) is 0 Å². The number of nitrogens with one attached hydrogen (secondary N) is 3. The molecule has 0 aromatic heterocycles. The molecule has 11 atom stereocenters. The molecule has 68 heavy (non-hydrogen) atoms. The number of piperidine rings is 1. The highest BCUT2D eigenvalue weighted by Gasteiger charge is 2.49. The Labute approximate surface area is 401 Å². The van der Waals surface area contributed by atoms with Gasteiger partial charge < -0.3 is 35.2 Å². The predicted molar refractivity (Wildman–Crippen MR) is 257 cm³/mol. The summed E-state index contributed by atoms with van der Waals surface area (Å²) >= 11 is 0. The van der Waals surface area contributed by atoms with Gasteiger partial charge in [-0.05, 0) is 80.2 Å². The van der Waals surface area contributed by atoms with Gasteiger partial charge in [-0.25, -0.2) is 0 Å². The average Bonchev–Trinajstić information content (AvgIpc) is 4.14. The first-order valence-electron chi connectivity index (χ1n) is 24.4. The monoisotopic (exact) mass is 940 g/mol. The summed E-state index contributed by atoms with van der Waals surface area (Å²) in [4.78, 5) is 102. The number of imide groups is 1. The Bertz CT molecular complexity index is 2130. The van der Waals surface area contributed by atoms with Crippen LogP contribution in [0.15, 0.2) is 66.7 Å². The predicted octanol–water partition coefficient (Wildman–Crippen LogP) is 4.32. The van der Waals surface area contributed by atoms with E-state index in [0.717, 1.165) is 29.7 Å². The van der Waals surface area contributed by atoms with Crippen molar-refractivity contribution in [2.45, 2.75) is 141 Å². The van der Waals surface area contributed by atoms with Crippen molar-refractivity contribution in [2.75, 3.05) is 40.2 Å². The number of ether oxygens (including phenoxy) is 2. The van der Waals surface area contributed by atoms with Gasteiger partial charge in [0.25, 0.3) is 11.8 Å². The van der Waals surface area contributed by atoms with Crippen molar-refractivity contribution in [1.82, 2.24) is 30.2 Å². The lowest BCUT2D eigenvalue weighted by molar-refractivity contribution is -0.148. The van der Waals surface area contributed by atoms with Gasteiger partial charge in [0.05, 0.1) is 49.2 Å². The minimum Gasteiger partial charge on any atom is -0.379 e. The van der Waals surface area contributed by atoms with Crippen LogP contribution in [0.1, 0.15) is 90.7 Å². The minimum absolute atomic E-state index is 0.0166. The van der Waals surface area contributed by atoms with Crippen molar-refractivity contribution in [1.29, 1.82) is 0 Å². The number of hydrogen-bond donors (Lipinski definition) is 3. The largest absolute Gasteiger partial charge is 0.379 e. The Balaban J connectivity index is 1.11. The van der Waals surface area contributed by atoms with Gasteiger partial charge in [0.2, 0.25) is 29.5 Å². The second-order valence-corrected chi connectivity index (χ2v) is 19.7. The number of fused-ring (bicyclic) bond motifs is 2. The summed E-state index contributed by atoms with van der Waals surface area (Å²) in [5, 5.41) is 9.02. The van der Waals surface area contributed by atoms with Crippen LogP contribution >= 0.6 is 0 Å². The lowest BCUT2D eigenvalue weighted by atomic mass is 9.89. The Kier molecular flexibility index (Phi) is 17.7. The molecule has 1 aliphatic carbocycles. The molecule has 0 radical (unpaired) electrons. The van der Waals surface area contributed by atoms with E-state index in [9.17, 15) is 33.6 Å². The van der Waals surface area contributed by atoms with Gasteiger partial charge in [-0.1, -0.05) is 83.5 Å². The van der Waals surface area contributed by atoms with E-state index in [4.69, 9.17) is 9.47 Å². The third-order valence-electron chi connectivity index (χ3n) is 15.0. The molecule has 16 heteroatoms. The molecule has 16 nitrogen and oxygen atoms in total. The van der Waals surface area contributed by atoms with E-state index in [2.05, 4.69) is 20.9 Å². The van der Waals surface area contributed by atoms with Crippen LogP contribution in [0.2, 0.25) is 0 Å². The zero-order valence-electron chi connectivity index (χ0n) is 41.3. The van der Waals surface area contributed by atoms with E-state index in [-0.39, 0.29) is 66.8 Å². The highest BCUT2D eigenvalue weighted by molar-refractivity contribution is 6.12. The smallest absolute Gasteiger partial charge is 0.253 e. The Hall–Kier alpha value is -5.45. The fourth-order valence-corrected chi connectivity index (χ4v) is 10.9. The van der Waals surface area contributed by atoms with Crippen LogP contribution in [0.3, 0.4) is 0 Å². The topological polar surface area (TPSA) is 187 Å². The number of anilines is 1. The maximum atomic E-state index is 14.5. The summed E-state index contributed by atoms with van der Waals surface area (Å²) in [6, 6.07) is 13.7. The van der Waals surface area contributed by atoms with Gasteiger partial charge in [-0.3, -0.25) is 43.4 Å². The average molecular weight is 940 g/mol. The SMILES string of the molecule is CCC(C)C(C(CC(=O)N1CCCC1C(OC)C(C)C(=O)NC(Cc1ccccc1)C(=O)Nc1ccc(CN2C(=O)C=CC2=O)cc1)OC)N(C)C(=O)C(NC(=O)C1C2CCC(C2)N1C)C(C)C. The van der Waals surface area contributed by atoms with Crippen LogP contribution in [-0.4, -0.2) is 144 Å². The van der Waals surface area contributed by atoms with Crippen molar-refractivity contribution < 1.29 is 43.0 Å². The standard InChI is InChI=1S/C52H73N7O9/c1-10-32(4)46(57(7)52(66)45(31(2)3)55-51(65)47-36-20-23-38(28-36)56(47)6)41(67-8)29-44(62)58-26-14-17-40(58)48(68-9)33(5)49(63)54-39(27-34-15-12-11-13-16-34)50(64)53-37-21-18-35(19-22-37)30-59-42(60)24-25-43(59)61/h11-13,15-16,18-19,21-22,24-25,31-33,36,38-41,45-48H,10,14,17,20,23,26-30H2,1-9H3,(H,53,64)(H,54,63)(H,55,65). The van der Waals surface area contributed by atoms with E-state index in [1.807, 2.05) is 65.1 Å². The number of methoxy groups -OCH3 is 2. The number of nitrogens with zero attached hydrogens (tertiary/aromatic N) is 4. The molecule has 11 unspecified atom stereocenters. The molecule has 2 bridgehead atoms. The maximum Gasteiger partial charge on any atom is 0.253 e. The Morgan fingerprint density at radius 2 is 1.51 bits per heavy atom. The molecule has 1 saturated carbocycles. The summed E-state index contributed by atoms with van der Waals surface area (Å²) in [6.07, 6.45) is 6.41. The molecule has 0 spiro atoms. The molecular weight excluding hydrogens is 867 g/mol. The second kappa shape index (κ2) is 23.2. The maximum absolute atomic E-state index is 14.5. The number of carbonyl (C=O) groups is 7. The van der Waals surface area contributed by atoms with Gasteiger partial charge in [0.15, 0.2) is 0 Å². The summed E-state index contributed by atoms with van der Waals surface area (Å²) in [6.45, 7) is 10.2. The number of rotatable bonds is 22. The van der Waals surface area contributed by atoms with Crippen molar-refractivity contribution in [3.05, 3.63) is 77.9 Å². The zero-order valence-corrected chi connectivity index (χ0v) is 41.3. The molecule has 3 fully saturated rings. The van der Waals surface area contributed by atoms with E-state index >= 15 is 0 Å². The summed E-state index contributed by atoms with van der Waals surface area (Å²) in [5.41, 5.74) is 2.01. The van der Waals surface area contributed by atoms with Crippen LogP contribution < -0.4 is 16.0 Å². The molecule has 2 aromatic carbocycles. The van der Waals surface area contributed by atoms with Gasteiger partial charge in [-0.15, -0.1) is 0 Å². The highest BCUT2D eigenvalue weighted by atomic mass is 16.5. The Morgan fingerprint density at radius 3 is 2.10 bits per heavy atom. The number of likely N-dealkylation sites (N-methyl/N-ethyl adjacent to an activating group) is 2. The van der Waals surface area contributed by atoms with Crippen molar-refractivity contribution in [2.24, 2.45) is 23.7 Å². The van der Waals surface area contributed by atoms with Gasteiger partial charge in [0, 0.05) is 58.1 Å². The second-order valence-electron chi connectivity index (χ2n) is 19.7. The molecule has 7 amide bonds. The summed E-state index contributed by atoms with van der Waals surface area (Å²) < 4.78 is 12.1. The molecule has 370 valence electrons. The molecular formula is C52H73N7O9. The summed E-state index contributed by atoms with van der Waals surface area (Å²) in [7, 11) is 6.82. The molecule has 2 saturated heterocycles. The normalized spacial score (nSPS) is 23.3. The van der Waals surface area contributed by atoms with Crippen LogP contribution in [0.25, 0.3) is 0 Å². The molecule has 3 N–H and O–H groups in total. The molecule has 3 aliphatic heterocycles. The first-order chi connectivity index (χ1) is 32.5. The highest BCUT2D eigenvalue weighted by Crippen LogP contribution is 2.41. The zero-order chi connectivity index (χ0) is 49.4. The van der Waals surface area contributed by atoms with Crippen LogP contribution in [0.5, 0.6) is 0 Å². The Morgan fingerprint density at radius 1 is 0.838 bits per heavy atom. The fraction of sp³-hybridized carbons (Fsp3) is 0.596. The summed E-state index contributed by atoms with van der Waals surface area (Å²) in [5.74, 6) is -2.85. The third-order valence-corrected chi connectivity index (χ3v) is 15.0. The molecule has 3 heterocycles. The quantitative estimate of drug-likeness (QED) is 0.144. The number of likely N-dealkylation sites (tertiary alicyclic amines) is 2. The van der Waals surface area contributed by atoms with E-state index in [0.29, 0.717) is 49.0 Å². The van der Waals surface area contributed by atoms with Crippen LogP contribution in [0.4, 0.5) is 5.69 Å². The van der Waals surface area contributed by atoms with Crippen molar-refractivity contribution >= 4 is 47.0 Å². The van der Waals surface area contributed by atoms with Crippen LogP contribution in [0, 0.1) is 23.7 Å². The van der Waals surface area contributed by atoms with Gasteiger partial charge in [0.1, 0.15) is 12.1 Å². The first kappa shape index (κ1) is 51.9. The minimum atomic E-state index is -0.973. The van der Waals surface area contributed by atoms with E-state index in [1.165, 1.54) is 19.3 Å². The fourth-order valence-electron chi connectivity index (χ4n) is 10.9.